The van der Waals surface area contributed by atoms with Crippen LogP contribution < -0.4 is 10.6 Å². The van der Waals surface area contributed by atoms with Crippen molar-refractivity contribution in [3.8, 4) is 11.1 Å². The van der Waals surface area contributed by atoms with Crippen molar-refractivity contribution in [1.29, 1.82) is 0 Å². The summed E-state index contributed by atoms with van der Waals surface area (Å²) >= 11 is 6.20. The molecule has 2 amide bonds. The predicted molar refractivity (Wildman–Crippen MR) is 126 cm³/mol. The van der Waals surface area contributed by atoms with Crippen LogP contribution in [0.1, 0.15) is 27.4 Å². The van der Waals surface area contributed by atoms with Gasteiger partial charge in [-0.2, -0.15) is 0 Å². The third kappa shape index (κ3) is 4.73. The number of carbonyl (C=O) groups excluding carboxylic acids is 2. The van der Waals surface area contributed by atoms with E-state index >= 15 is 0 Å². The van der Waals surface area contributed by atoms with Crippen molar-refractivity contribution in [2.24, 2.45) is 0 Å². The largest absolute Gasteiger partial charge is 0.480 e. The van der Waals surface area contributed by atoms with Gasteiger partial charge in [-0.1, -0.05) is 60.1 Å². The molecule has 0 radical (unpaired) electrons. The molecule has 1 aliphatic rings. The Bertz CT molecular complexity index is 1220. The fourth-order valence-electron chi connectivity index (χ4n) is 3.93. The molecule has 0 fully saturated rings. The molecule has 0 saturated heterocycles. The van der Waals surface area contributed by atoms with Gasteiger partial charge in [0.05, 0.1) is 17.3 Å². The standard InChI is InChI=1S/C25H21ClN2O6/c26-20-11-14(23(30)27-22(12-29)24(31)32)9-10-21(20)28-25(33)34-13-19-17-7-3-1-5-15(17)16-6-2-4-8-18(16)19/h1-11,19,22,29H,12-13H2,(H,27,30)(H,28,33)(H,31,32)/t22-/m1/s1. The van der Waals surface area contributed by atoms with Crippen molar-refractivity contribution in [2.75, 3.05) is 18.5 Å². The fourth-order valence-corrected chi connectivity index (χ4v) is 4.16. The van der Waals surface area contributed by atoms with Crippen molar-refractivity contribution < 1.29 is 29.3 Å². The maximum Gasteiger partial charge on any atom is 0.411 e. The van der Waals surface area contributed by atoms with E-state index < -0.39 is 30.6 Å². The lowest BCUT2D eigenvalue weighted by Gasteiger charge is -2.15. The lowest BCUT2D eigenvalue weighted by Crippen LogP contribution is -2.43. The zero-order valence-corrected chi connectivity index (χ0v) is 18.6. The topological polar surface area (TPSA) is 125 Å². The highest BCUT2D eigenvalue weighted by Gasteiger charge is 2.29. The van der Waals surface area contributed by atoms with Gasteiger partial charge in [0.2, 0.25) is 0 Å². The van der Waals surface area contributed by atoms with E-state index in [1.165, 1.54) is 18.2 Å². The molecular formula is C25H21ClN2O6. The van der Waals surface area contributed by atoms with Gasteiger partial charge in [-0.25, -0.2) is 9.59 Å². The molecule has 1 aliphatic carbocycles. The molecule has 0 heterocycles. The molecule has 174 valence electrons. The number of anilines is 1. The van der Waals surface area contributed by atoms with Gasteiger partial charge in [0.25, 0.3) is 5.91 Å². The van der Waals surface area contributed by atoms with E-state index in [9.17, 15) is 14.4 Å². The molecule has 0 saturated carbocycles. The third-order valence-corrected chi connectivity index (χ3v) is 5.91. The Labute approximate surface area is 200 Å². The molecule has 0 unspecified atom stereocenters. The van der Waals surface area contributed by atoms with E-state index in [0.717, 1.165) is 22.3 Å². The summed E-state index contributed by atoms with van der Waals surface area (Å²) in [5, 5.41) is 22.8. The number of carbonyl (C=O) groups is 3. The maximum atomic E-state index is 12.5. The van der Waals surface area contributed by atoms with Crippen molar-refractivity contribution in [1.82, 2.24) is 5.32 Å². The lowest BCUT2D eigenvalue weighted by molar-refractivity contribution is -0.140. The first-order valence-corrected chi connectivity index (χ1v) is 10.8. The van der Waals surface area contributed by atoms with Gasteiger partial charge >= 0.3 is 12.1 Å². The Balaban J connectivity index is 1.40. The number of hydrogen-bond donors (Lipinski definition) is 4. The number of ether oxygens (including phenoxy) is 1. The minimum atomic E-state index is -1.44. The quantitative estimate of drug-likeness (QED) is 0.407. The second kappa shape index (κ2) is 9.94. The van der Waals surface area contributed by atoms with Crippen LogP contribution >= 0.6 is 11.6 Å². The van der Waals surface area contributed by atoms with Crippen molar-refractivity contribution >= 4 is 35.3 Å². The first-order valence-electron chi connectivity index (χ1n) is 10.4. The zero-order chi connectivity index (χ0) is 24.2. The number of halogens is 1. The zero-order valence-electron chi connectivity index (χ0n) is 17.8. The van der Waals surface area contributed by atoms with Crippen LogP contribution in [0.25, 0.3) is 11.1 Å². The molecule has 0 spiro atoms. The number of fused-ring (bicyclic) bond motifs is 3. The van der Waals surface area contributed by atoms with Crippen LogP contribution in [0.3, 0.4) is 0 Å². The van der Waals surface area contributed by atoms with Crippen molar-refractivity contribution in [3.05, 3.63) is 88.4 Å². The van der Waals surface area contributed by atoms with Gasteiger partial charge in [-0.3, -0.25) is 10.1 Å². The molecule has 3 aromatic rings. The smallest absolute Gasteiger partial charge is 0.411 e. The number of amides is 2. The van der Waals surface area contributed by atoms with E-state index in [1.54, 1.807) is 0 Å². The molecule has 0 aromatic heterocycles. The fraction of sp³-hybridized carbons (Fsp3) is 0.160. The average Bonchev–Trinajstić information content (AvgIpc) is 3.16. The van der Waals surface area contributed by atoms with Crippen LogP contribution in [0.4, 0.5) is 10.5 Å². The SMILES string of the molecule is O=C(Nc1ccc(C(=O)N[C@H](CO)C(=O)O)cc1Cl)OCC1c2ccccc2-c2ccccc21. The van der Waals surface area contributed by atoms with Gasteiger partial charge in [-0.15, -0.1) is 0 Å². The average molecular weight is 481 g/mol. The number of hydrogen-bond acceptors (Lipinski definition) is 5. The van der Waals surface area contributed by atoms with Gasteiger partial charge in [-0.05, 0) is 40.5 Å². The molecule has 0 aliphatic heterocycles. The summed E-state index contributed by atoms with van der Waals surface area (Å²) in [5.74, 6) is -2.18. The number of nitrogens with one attached hydrogen (secondary N) is 2. The first kappa shape index (κ1) is 23.3. The number of aliphatic carboxylic acids is 1. The number of aliphatic hydroxyl groups excluding tert-OH is 1. The van der Waals surface area contributed by atoms with E-state index in [4.69, 9.17) is 26.6 Å². The molecule has 1 atom stereocenters. The summed E-state index contributed by atoms with van der Waals surface area (Å²) in [6, 6.07) is 18.6. The number of carboxylic acid groups (broad SMARTS) is 1. The molecule has 0 bridgehead atoms. The lowest BCUT2D eigenvalue weighted by atomic mass is 9.98. The van der Waals surface area contributed by atoms with E-state index in [-0.39, 0.29) is 28.8 Å². The summed E-state index contributed by atoms with van der Waals surface area (Å²) in [5.41, 5.74) is 4.72. The van der Waals surface area contributed by atoms with Crippen LogP contribution in [0.5, 0.6) is 0 Å². The van der Waals surface area contributed by atoms with Crippen LogP contribution in [-0.4, -0.2) is 47.4 Å². The molecule has 3 aromatic carbocycles. The summed E-state index contributed by atoms with van der Waals surface area (Å²) in [7, 11) is 0. The Morgan fingerprint density at radius 2 is 1.59 bits per heavy atom. The number of aliphatic hydroxyl groups is 1. The van der Waals surface area contributed by atoms with Crippen molar-refractivity contribution in [3.63, 3.8) is 0 Å². The molecule has 4 N–H and O–H groups in total. The van der Waals surface area contributed by atoms with E-state index in [1.807, 2.05) is 48.5 Å². The Morgan fingerprint density at radius 3 is 2.15 bits per heavy atom. The normalized spacial score (nSPS) is 12.9. The molecular weight excluding hydrogens is 460 g/mol. The maximum absolute atomic E-state index is 12.5. The summed E-state index contributed by atoms with van der Waals surface area (Å²) in [6.07, 6.45) is -0.702. The first-order chi connectivity index (χ1) is 16.4. The monoisotopic (exact) mass is 480 g/mol. The molecule has 4 rings (SSSR count). The van der Waals surface area contributed by atoms with Gasteiger partial charge in [0, 0.05) is 11.5 Å². The second-order valence-electron chi connectivity index (χ2n) is 7.69. The summed E-state index contributed by atoms with van der Waals surface area (Å²) in [6.45, 7) is -0.619. The number of carboxylic acids is 1. The third-order valence-electron chi connectivity index (χ3n) is 5.60. The highest BCUT2D eigenvalue weighted by Crippen LogP contribution is 2.44. The van der Waals surface area contributed by atoms with Gasteiger partial charge in [0.1, 0.15) is 6.61 Å². The molecule has 9 heteroatoms. The van der Waals surface area contributed by atoms with Crippen LogP contribution in [0.15, 0.2) is 66.7 Å². The number of benzene rings is 3. The highest BCUT2D eigenvalue weighted by molar-refractivity contribution is 6.34. The van der Waals surface area contributed by atoms with Crippen molar-refractivity contribution in [2.45, 2.75) is 12.0 Å². The van der Waals surface area contributed by atoms with Crippen LogP contribution in [0.2, 0.25) is 5.02 Å². The van der Waals surface area contributed by atoms with E-state index in [2.05, 4.69) is 10.6 Å². The Morgan fingerprint density at radius 1 is 0.971 bits per heavy atom. The van der Waals surface area contributed by atoms with E-state index in [0.29, 0.717) is 0 Å². The van der Waals surface area contributed by atoms with Crippen LogP contribution in [-0.2, 0) is 9.53 Å². The van der Waals surface area contributed by atoms with Crippen LogP contribution in [0, 0.1) is 0 Å². The minimum absolute atomic E-state index is 0.0667. The Kier molecular flexibility index (Phi) is 6.81. The second-order valence-corrected chi connectivity index (χ2v) is 8.10. The van der Waals surface area contributed by atoms with Gasteiger partial charge < -0.3 is 20.3 Å². The Hall–Kier alpha value is -3.88. The predicted octanol–water partition coefficient (Wildman–Crippen LogP) is 3.88. The molecule has 8 nitrogen and oxygen atoms in total. The summed E-state index contributed by atoms with van der Waals surface area (Å²) in [4.78, 5) is 35.6. The summed E-state index contributed by atoms with van der Waals surface area (Å²) < 4.78 is 5.49. The van der Waals surface area contributed by atoms with Gasteiger partial charge in [0.15, 0.2) is 6.04 Å². The molecule has 34 heavy (non-hydrogen) atoms. The minimum Gasteiger partial charge on any atom is -0.480 e. The highest BCUT2D eigenvalue weighted by atomic mass is 35.5. The number of rotatable bonds is 7.